The molecule has 0 aliphatic heterocycles. The van der Waals surface area contributed by atoms with Gasteiger partial charge in [-0.15, -0.1) is 0 Å². The lowest BCUT2D eigenvalue weighted by Crippen LogP contribution is -2.16. The highest BCUT2D eigenvalue weighted by atomic mass is 79.9. The molecule has 0 aromatic heterocycles. The first-order valence-corrected chi connectivity index (χ1v) is 9.02. The number of nitro groups is 1. The fourth-order valence-electron chi connectivity index (χ4n) is 1.92. The zero-order valence-corrected chi connectivity index (χ0v) is 15.0. The van der Waals surface area contributed by atoms with Crippen LogP contribution < -0.4 is 9.46 Å². The van der Waals surface area contributed by atoms with E-state index >= 15 is 0 Å². The van der Waals surface area contributed by atoms with Crippen LogP contribution in [-0.4, -0.2) is 19.9 Å². The number of nitrogens with zero attached hydrogens (tertiary/aromatic N) is 1. The number of nitro benzene ring substituents is 1. The monoisotopic (exact) mass is 436 g/mol. The molecule has 25 heavy (non-hydrogen) atoms. The summed E-state index contributed by atoms with van der Waals surface area (Å²) in [6.45, 7) is 1.83. The molecule has 0 saturated carbocycles. The third kappa shape index (κ3) is 4.23. The van der Waals surface area contributed by atoms with Crippen LogP contribution in [-0.2, 0) is 10.0 Å². The lowest BCUT2D eigenvalue weighted by Gasteiger charge is -2.13. The molecular formula is C14H11BrF2N2O5S. The van der Waals surface area contributed by atoms with Gasteiger partial charge in [0.1, 0.15) is 10.6 Å². The Hall–Kier alpha value is -2.27. The number of ether oxygens (including phenoxy) is 1. The van der Waals surface area contributed by atoms with Gasteiger partial charge in [0.2, 0.25) is 5.82 Å². The molecule has 134 valence electrons. The van der Waals surface area contributed by atoms with Crippen molar-refractivity contribution in [1.82, 2.24) is 0 Å². The zero-order valence-electron chi connectivity index (χ0n) is 12.6. The predicted molar refractivity (Wildman–Crippen MR) is 89.1 cm³/mol. The van der Waals surface area contributed by atoms with Crippen molar-refractivity contribution in [2.45, 2.75) is 11.8 Å². The second-order valence-electron chi connectivity index (χ2n) is 4.67. The first-order valence-electron chi connectivity index (χ1n) is 6.74. The lowest BCUT2D eigenvalue weighted by atomic mass is 10.2. The Kier molecular flexibility index (Phi) is 5.58. The Labute approximate surface area is 149 Å². The van der Waals surface area contributed by atoms with Crippen LogP contribution in [0.1, 0.15) is 6.92 Å². The molecule has 11 heteroatoms. The van der Waals surface area contributed by atoms with E-state index < -0.39 is 38.0 Å². The predicted octanol–water partition coefficient (Wildman–Crippen LogP) is 3.84. The van der Waals surface area contributed by atoms with Crippen molar-refractivity contribution in [3.8, 4) is 5.75 Å². The smallest absolute Gasteiger partial charge is 0.307 e. The summed E-state index contributed by atoms with van der Waals surface area (Å²) in [4.78, 5) is 9.35. The molecule has 0 radical (unpaired) electrons. The molecule has 0 aliphatic carbocycles. The van der Waals surface area contributed by atoms with Crippen molar-refractivity contribution in [2.24, 2.45) is 0 Å². The number of nitrogens with one attached hydrogen (secondary N) is 1. The number of benzene rings is 2. The molecule has 0 aliphatic rings. The van der Waals surface area contributed by atoms with E-state index in [2.05, 4.69) is 15.9 Å². The van der Waals surface area contributed by atoms with Gasteiger partial charge in [0, 0.05) is 16.6 Å². The van der Waals surface area contributed by atoms with Gasteiger partial charge in [-0.3, -0.25) is 14.8 Å². The maximum absolute atomic E-state index is 13.8. The van der Waals surface area contributed by atoms with E-state index in [4.69, 9.17) is 4.74 Å². The van der Waals surface area contributed by atoms with E-state index in [1.807, 2.05) is 4.72 Å². The number of hydrogen-bond acceptors (Lipinski definition) is 5. The third-order valence-corrected chi connectivity index (χ3v) is 4.85. The molecule has 2 rings (SSSR count). The van der Waals surface area contributed by atoms with E-state index in [1.54, 1.807) is 13.0 Å². The molecule has 7 nitrogen and oxygen atoms in total. The highest BCUT2D eigenvalue weighted by Gasteiger charge is 2.25. The van der Waals surface area contributed by atoms with E-state index in [-0.39, 0.29) is 23.3 Å². The molecule has 1 N–H and O–H groups in total. The van der Waals surface area contributed by atoms with Crippen molar-refractivity contribution in [1.29, 1.82) is 0 Å². The molecule has 0 atom stereocenters. The van der Waals surface area contributed by atoms with Gasteiger partial charge in [-0.05, 0) is 25.1 Å². The van der Waals surface area contributed by atoms with Crippen LogP contribution in [0.5, 0.6) is 5.75 Å². The van der Waals surface area contributed by atoms with E-state index in [0.29, 0.717) is 10.5 Å². The van der Waals surface area contributed by atoms with Crippen LogP contribution in [0.25, 0.3) is 0 Å². The maximum atomic E-state index is 13.8. The van der Waals surface area contributed by atoms with Crippen LogP contribution in [0.2, 0.25) is 0 Å². The van der Waals surface area contributed by atoms with Gasteiger partial charge in [-0.2, -0.15) is 4.39 Å². The highest BCUT2D eigenvalue weighted by molar-refractivity contribution is 9.10. The number of hydrogen-bond donors (Lipinski definition) is 1. The Morgan fingerprint density at radius 3 is 2.52 bits per heavy atom. The Morgan fingerprint density at radius 1 is 1.24 bits per heavy atom. The Morgan fingerprint density at radius 2 is 1.92 bits per heavy atom. The number of rotatable bonds is 6. The SMILES string of the molecule is CCOc1ccc(Br)cc1S(=O)(=O)Nc1cc([N+](=O)[O-])c(F)cc1F. The summed E-state index contributed by atoms with van der Waals surface area (Å²) in [5, 5.41) is 10.7. The second-order valence-corrected chi connectivity index (χ2v) is 7.24. The summed E-state index contributed by atoms with van der Waals surface area (Å²) in [7, 11) is -4.36. The molecule has 0 amide bonds. The summed E-state index contributed by atoms with van der Waals surface area (Å²) in [6.07, 6.45) is 0. The molecule has 0 unspecified atom stereocenters. The molecule has 0 bridgehead atoms. The van der Waals surface area contributed by atoms with Crippen molar-refractivity contribution in [3.05, 3.63) is 56.6 Å². The van der Waals surface area contributed by atoms with Gasteiger partial charge in [-0.25, -0.2) is 12.8 Å². The topological polar surface area (TPSA) is 98.5 Å². The second kappa shape index (κ2) is 7.31. The van der Waals surface area contributed by atoms with Crippen molar-refractivity contribution >= 4 is 37.3 Å². The Bertz CT molecular complexity index is 937. The van der Waals surface area contributed by atoms with E-state index in [9.17, 15) is 27.3 Å². The van der Waals surface area contributed by atoms with Crippen molar-refractivity contribution < 1.29 is 26.9 Å². The van der Waals surface area contributed by atoms with Crippen LogP contribution in [0.3, 0.4) is 0 Å². The van der Waals surface area contributed by atoms with Crippen molar-refractivity contribution in [3.63, 3.8) is 0 Å². The standard InChI is InChI=1S/C14H11BrF2N2O5S/c1-2-24-13-4-3-8(15)5-14(13)25(22,23)18-11-7-12(19(20)21)10(17)6-9(11)16/h3-7,18H,2H2,1H3. The van der Waals surface area contributed by atoms with Gasteiger partial charge in [0.25, 0.3) is 10.0 Å². The summed E-state index contributed by atoms with van der Waals surface area (Å²) in [6, 6.07) is 4.88. The summed E-state index contributed by atoms with van der Waals surface area (Å²) in [5.41, 5.74) is -1.81. The molecule has 0 saturated heterocycles. The quantitative estimate of drug-likeness (QED) is 0.547. The molecule has 0 fully saturated rings. The average molecular weight is 437 g/mol. The molecule has 0 spiro atoms. The summed E-state index contributed by atoms with van der Waals surface area (Å²) < 4.78 is 59.8. The van der Waals surface area contributed by atoms with E-state index in [0.717, 1.165) is 0 Å². The number of anilines is 1. The molecule has 2 aromatic carbocycles. The number of halogens is 3. The first-order chi connectivity index (χ1) is 11.7. The van der Waals surface area contributed by atoms with Gasteiger partial charge in [0.15, 0.2) is 5.82 Å². The molecule has 2 aromatic rings. The maximum Gasteiger partial charge on any atom is 0.307 e. The van der Waals surface area contributed by atoms with Crippen LogP contribution >= 0.6 is 15.9 Å². The number of sulfonamides is 1. The van der Waals surface area contributed by atoms with Gasteiger partial charge in [0.05, 0.1) is 17.2 Å². The van der Waals surface area contributed by atoms with Gasteiger partial charge in [-0.1, -0.05) is 15.9 Å². The third-order valence-electron chi connectivity index (χ3n) is 2.97. The van der Waals surface area contributed by atoms with E-state index in [1.165, 1.54) is 12.1 Å². The Balaban J connectivity index is 2.52. The normalized spacial score (nSPS) is 11.2. The molecular weight excluding hydrogens is 426 g/mol. The van der Waals surface area contributed by atoms with Gasteiger partial charge >= 0.3 is 5.69 Å². The largest absolute Gasteiger partial charge is 0.492 e. The van der Waals surface area contributed by atoms with Gasteiger partial charge < -0.3 is 4.74 Å². The van der Waals surface area contributed by atoms with Crippen LogP contribution in [0.4, 0.5) is 20.2 Å². The minimum Gasteiger partial charge on any atom is -0.492 e. The lowest BCUT2D eigenvalue weighted by molar-refractivity contribution is -0.387. The summed E-state index contributed by atoms with van der Waals surface area (Å²) in [5.74, 6) is -2.70. The highest BCUT2D eigenvalue weighted by Crippen LogP contribution is 2.31. The molecule has 0 heterocycles. The zero-order chi connectivity index (χ0) is 18.8. The fraction of sp³-hybridized carbons (Fsp3) is 0.143. The first kappa shape index (κ1) is 19.1. The summed E-state index contributed by atoms with van der Waals surface area (Å²) >= 11 is 3.12. The van der Waals surface area contributed by atoms with Crippen LogP contribution in [0.15, 0.2) is 39.7 Å². The fourth-order valence-corrected chi connectivity index (χ4v) is 3.66. The minimum atomic E-state index is -4.36. The van der Waals surface area contributed by atoms with Crippen LogP contribution in [0, 0.1) is 21.7 Å². The minimum absolute atomic E-state index is 0.00946. The average Bonchev–Trinajstić information content (AvgIpc) is 2.51. The van der Waals surface area contributed by atoms with Crippen molar-refractivity contribution in [2.75, 3.05) is 11.3 Å².